The van der Waals surface area contributed by atoms with Crippen molar-refractivity contribution in [2.45, 2.75) is 13.5 Å². The smallest absolute Gasteiger partial charge is 0.335 e. The van der Waals surface area contributed by atoms with Crippen molar-refractivity contribution >= 4 is 17.7 Å². The van der Waals surface area contributed by atoms with Gasteiger partial charge in [0.1, 0.15) is 5.82 Å². The molecule has 0 aliphatic rings. The zero-order valence-corrected chi connectivity index (χ0v) is 11.1. The fourth-order valence-electron chi connectivity index (χ4n) is 1.65. The van der Waals surface area contributed by atoms with E-state index in [1.54, 1.807) is 13.1 Å². The molecule has 0 saturated carbocycles. The predicted molar refractivity (Wildman–Crippen MR) is 72.5 cm³/mol. The van der Waals surface area contributed by atoms with Gasteiger partial charge in [0.25, 0.3) is 0 Å². The van der Waals surface area contributed by atoms with Crippen LogP contribution in [0.2, 0.25) is 0 Å². The lowest BCUT2D eigenvalue weighted by molar-refractivity contribution is 0.0697. The van der Waals surface area contributed by atoms with E-state index in [0.717, 1.165) is 29.5 Å². The molecule has 4 N–H and O–H groups in total. The number of aromatic carboxylic acids is 1. The average molecular weight is 292 g/mol. The van der Waals surface area contributed by atoms with Gasteiger partial charge in [0.2, 0.25) is 0 Å². The maximum Gasteiger partial charge on any atom is 0.335 e. The molecule has 0 bridgehead atoms. The minimum atomic E-state index is -1.20. The summed E-state index contributed by atoms with van der Waals surface area (Å²) in [6.07, 6.45) is 1.57. The summed E-state index contributed by atoms with van der Waals surface area (Å²) in [5.41, 5.74) is 1.30. The molecule has 110 valence electrons. The van der Waals surface area contributed by atoms with Crippen LogP contribution in [0.1, 0.15) is 21.6 Å². The van der Waals surface area contributed by atoms with E-state index in [-0.39, 0.29) is 17.8 Å². The van der Waals surface area contributed by atoms with E-state index < -0.39 is 17.8 Å². The minimum absolute atomic E-state index is 0.114. The molecule has 0 aliphatic heterocycles. The summed E-state index contributed by atoms with van der Waals surface area (Å²) < 4.78 is 13.5. The van der Waals surface area contributed by atoms with E-state index in [1.807, 2.05) is 0 Å². The maximum atomic E-state index is 13.5. The van der Waals surface area contributed by atoms with E-state index in [9.17, 15) is 14.0 Å². The van der Waals surface area contributed by atoms with E-state index in [0.29, 0.717) is 0 Å². The molecular weight excluding hydrogens is 279 g/mol. The van der Waals surface area contributed by atoms with Gasteiger partial charge in [-0.25, -0.2) is 14.0 Å². The lowest BCUT2D eigenvalue weighted by Gasteiger charge is -2.08. The maximum absolute atomic E-state index is 13.5. The lowest BCUT2D eigenvalue weighted by atomic mass is 10.2. The Hall–Kier alpha value is -2.90. The van der Waals surface area contributed by atoms with Crippen LogP contribution < -0.4 is 10.6 Å². The molecular formula is C13H13FN4O3. The number of nitrogens with one attached hydrogen (secondary N) is 3. The molecule has 8 heteroatoms. The average Bonchev–Trinajstić information content (AvgIpc) is 2.84. The Bertz CT molecular complexity index is 684. The van der Waals surface area contributed by atoms with E-state index in [4.69, 9.17) is 5.11 Å². The number of carbonyl (C=O) groups is 2. The number of hydrogen-bond donors (Lipinski definition) is 4. The molecule has 0 spiro atoms. The number of hydrogen-bond acceptors (Lipinski definition) is 3. The highest BCUT2D eigenvalue weighted by molar-refractivity contribution is 5.93. The van der Waals surface area contributed by atoms with Gasteiger partial charge in [0.15, 0.2) is 0 Å². The Balaban J connectivity index is 2.01. The fourth-order valence-corrected chi connectivity index (χ4v) is 1.65. The number of anilines is 1. The molecule has 7 nitrogen and oxygen atoms in total. The molecule has 0 radical (unpaired) electrons. The molecule has 2 aromatic rings. The van der Waals surface area contributed by atoms with Gasteiger partial charge < -0.3 is 15.7 Å². The Morgan fingerprint density at radius 2 is 2.19 bits per heavy atom. The van der Waals surface area contributed by atoms with Crippen LogP contribution in [0.15, 0.2) is 24.4 Å². The number of rotatable bonds is 4. The monoisotopic (exact) mass is 292 g/mol. The highest BCUT2D eigenvalue weighted by Crippen LogP contribution is 2.16. The number of halogens is 1. The zero-order valence-electron chi connectivity index (χ0n) is 11.1. The summed E-state index contributed by atoms with van der Waals surface area (Å²) in [7, 11) is 0. The van der Waals surface area contributed by atoms with Gasteiger partial charge in [-0.1, -0.05) is 0 Å². The van der Waals surface area contributed by atoms with Gasteiger partial charge in [-0.05, 0) is 25.1 Å². The number of nitrogens with zero attached hydrogens (tertiary/aromatic N) is 1. The van der Waals surface area contributed by atoms with Crippen molar-refractivity contribution in [3.05, 3.63) is 47.0 Å². The first-order chi connectivity index (χ1) is 9.97. The summed E-state index contributed by atoms with van der Waals surface area (Å²) in [4.78, 5) is 22.5. The molecule has 0 fully saturated rings. The Morgan fingerprint density at radius 3 is 2.81 bits per heavy atom. The van der Waals surface area contributed by atoms with Gasteiger partial charge in [-0.15, -0.1) is 0 Å². The molecule has 0 aliphatic carbocycles. The number of aryl methyl sites for hydroxylation is 1. The van der Waals surface area contributed by atoms with Crippen LogP contribution in [0, 0.1) is 12.7 Å². The van der Waals surface area contributed by atoms with Crippen molar-refractivity contribution in [3.63, 3.8) is 0 Å². The van der Waals surface area contributed by atoms with Crippen LogP contribution in [0.3, 0.4) is 0 Å². The Kier molecular flexibility index (Phi) is 4.17. The number of benzene rings is 1. The highest BCUT2D eigenvalue weighted by Gasteiger charge is 2.11. The van der Waals surface area contributed by atoms with E-state index in [1.165, 1.54) is 0 Å². The third-order valence-electron chi connectivity index (χ3n) is 2.84. The van der Waals surface area contributed by atoms with Crippen LogP contribution in [-0.2, 0) is 6.54 Å². The minimum Gasteiger partial charge on any atom is -0.478 e. The van der Waals surface area contributed by atoms with Crippen molar-refractivity contribution in [1.82, 2.24) is 15.5 Å². The third-order valence-corrected chi connectivity index (χ3v) is 2.84. The number of aromatic amines is 1. The summed E-state index contributed by atoms with van der Waals surface area (Å²) in [5.74, 6) is -1.91. The lowest BCUT2D eigenvalue weighted by Crippen LogP contribution is -2.28. The number of amides is 2. The van der Waals surface area contributed by atoms with Crippen LogP contribution in [-0.4, -0.2) is 27.3 Å². The van der Waals surface area contributed by atoms with Gasteiger partial charge in [0, 0.05) is 17.8 Å². The molecule has 1 heterocycles. The third kappa shape index (κ3) is 3.56. The zero-order chi connectivity index (χ0) is 15.4. The summed E-state index contributed by atoms with van der Waals surface area (Å²) in [5, 5.41) is 20.2. The number of H-pyrrole nitrogens is 1. The normalized spacial score (nSPS) is 10.2. The molecule has 2 rings (SSSR count). The van der Waals surface area contributed by atoms with Gasteiger partial charge in [-0.2, -0.15) is 5.10 Å². The summed E-state index contributed by atoms with van der Waals surface area (Å²) in [6, 6.07) is 2.52. The standard InChI is InChI=1S/C13H13FN4O3/c1-7-9(6-16-18-7)5-15-13(21)17-11-4-8(12(19)20)2-3-10(11)14/h2-4,6H,5H2,1H3,(H,16,18)(H,19,20)(H2,15,17,21). The van der Waals surface area contributed by atoms with Crippen LogP contribution in [0.4, 0.5) is 14.9 Å². The second-order valence-electron chi connectivity index (χ2n) is 4.33. The largest absolute Gasteiger partial charge is 0.478 e. The first kappa shape index (κ1) is 14.5. The molecule has 1 aromatic carbocycles. The van der Waals surface area contributed by atoms with Crippen molar-refractivity contribution in [1.29, 1.82) is 0 Å². The topological polar surface area (TPSA) is 107 Å². The molecule has 0 saturated heterocycles. The number of carbonyl (C=O) groups excluding carboxylic acids is 1. The van der Waals surface area contributed by atoms with Crippen LogP contribution in [0.25, 0.3) is 0 Å². The second kappa shape index (κ2) is 6.04. The van der Waals surface area contributed by atoms with Gasteiger partial charge >= 0.3 is 12.0 Å². The summed E-state index contributed by atoms with van der Waals surface area (Å²) in [6.45, 7) is 2.02. The molecule has 1 aromatic heterocycles. The quantitative estimate of drug-likeness (QED) is 0.690. The van der Waals surface area contributed by atoms with Crippen molar-refractivity contribution < 1.29 is 19.1 Å². The molecule has 0 atom stereocenters. The van der Waals surface area contributed by atoms with Crippen LogP contribution in [0.5, 0.6) is 0 Å². The number of urea groups is 1. The van der Waals surface area contributed by atoms with Crippen molar-refractivity contribution in [2.24, 2.45) is 0 Å². The van der Waals surface area contributed by atoms with Gasteiger partial charge in [-0.3, -0.25) is 5.10 Å². The van der Waals surface area contributed by atoms with Crippen molar-refractivity contribution in [2.75, 3.05) is 5.32 Å². The Labute approximate surface area is 119 Å². The second-order valence-corrected chi connectivity index (χ2v) is 4.33. The van der Waals surface area contributed by atoms with E-state index in [2.05, 4.69) is 20.8 Å². The number of aromatic nitrogens is 2. The fraction of sp³-hybridized carbons (Fsp3) is 0.154. The molecule has 0 unspecified atom stereocenters. The highest BCUT2D eigenvalue weighted by atomic mass is 19.1. The summed E-state index contributed by atoms with van der Waals surface area (Å²) >= 11 is 0. The predicted octanol–water partition coefficient (Wildman–Crippen LogP) is 1.88. The molecule has 2 amide bonds. The molecule has 21 heavy (non-hydrogen) atoms. The van der Waals surface area contributed by atoms with Crippen molar-refractivity contribution in [3.8, 4) is 0 Å². The SMILES string of the molecule is Cc1[nH]ncc1CNC(=O)Nc1cc(C(=O)O)ccc1F. The first-order valence-corrected chi connectivity index (χ1v) is 6.04. The Morgan fingerprint density at radius 1 is 1.43 bits per heavy atom. The van der Waals surface area contributed by atoms with Crippen LogP contribution >= 0.6 is 0 Å². The number of carboxylic acids is 1. The van der Waals surface area contributed by atoms with Gasteiger partial charge in [0.05, 0.1) is 17.4 Å². The first-order valence-electron chi connectivity index (χ1n) is 6.04. The van der Waals surface area contributed by atoms with E-state index >= 15 is 0 Å². The number of carboxylic acid groups (broad SMARTS) is 1.